The van der Waals surface area contributed by atoms with Crippen molar-refractivity contribution in [3.05, 3.63) is 115 Å². The number of amides is 1. The molecule has 0 saturated heterocycles. The fourth-order valence-electron chi connectivity index (χ4n) is 4.44. The Kier molecular flexibility index (Phi) is 5.31. The van der Waals surface area contributed by atoms with Crippen LogP contribution in [0.1, 0.15) is 11.1 Å². The third kappa shape index (κ3) is 4.06. The van der Waals surface area contributed by atoms with E-state index in [9.17, 15) is 4.79 Å². The summed E-state index contributed by atoms with van der Waals surface area (Å²) in [5.74, 6) is -0.0752. The number of carbonyl (C=O) groups excluding carboxylic acids is 1. The van der Waals surface area contributed by atoms with Crippen LogP contribution in [0.3, 0.4) is 0 Å². The summed E-state index contributed by atoms with van der Waals surface area (Å²) in [7, 11) is 0. The van der Waals surface area contributed by atoms with Gasteiger partial charge in [0.1, 0.15) is 5.58 Å². The molecule has 0 atom stereocenters. The van der Waals surface area contributed by atoms with E-state index in [-0.39, 0.29) is 12.3 Å². The number of fused-ring (bicyclic) bond motifs is 3. The first kappa shape index (κ1) is 20.9. The number of hydrogen-bond donors (Lipinski definition) is 1. The van der Waals surface area contributed by atoms with Gasteiger partial charge in [-0.2, -0.15) is 5.10 Å². The summed E-state index contributed by atoms with van der Waals surface area (Å²) in [4.78, 5) is 17.1. The lowest BCUT2D eigenvalue weighted by atomic mass is 10.0. The molecule has 0 aliphatic rings. The minimum Gasteiger partial charge on any atom is -0.464 e. The maximum absolute atomic E-state index is 13.0. The first-order chi connectivity index (χ1) is 17.3. The minimum atomic E-state index is -0.0752. The van der Waals surface area contributed by atoms with E-state index in [1.807, 2.05) is 77.6 Å². The lowest BCUT2D eigenvalue weighted by Gasteiger charge is -2.06. The van der Waals surface area contributed by atoms with Crippen LogP contribution in [-0.2, 0) is 17.8 Å². The van der Waals surface area contributed by atoms with Gasteiger partial charge in [-0.25, -0.2) is 4.68 Å². The summed E-state index contributed by atoms with van der Waals surface area (Å²) < 4.78 is 7.59. The van der Waals surface area contributed by atoms with Crippen LogP contribution in [0.2, 0.25) is 0 Å². The summed E-state index contributed by atoms with van der Waals surface area (Å²) >= 11 is 0. The topological polar surface area (TPSA) is 73.0 Å². The quantitative estimate of drug-likeness (QED) is 0.348. The van der Waals surface area contributed by atoms with Gasteiger partial charge < -0.3 is 9.73 Å². The Morgan fingerprint density at radius 1 is 0.886 bits per heavy atom. The van der Waals surface area contributed by atoms with Crippen molar-refractivity contribution >= 4 is 27.6 Å². The predicted molar refractivity (Wildman–Crippen MR) is 136 cm³/mol. The SMILES string of the molecule is O=C(Cc1coc2ccc3ccccc3c12)NCc1cn(-c2ccccc2)nc1-c1ccncc1. The molecule has 0 saturated carbocycles. The molecule has 35 heavy (non-hydrogen) atoms. The van der Waals surface area contributed by atoms with Gasteiger partial charge in [-0.1, -0.05) is 48.5 Å². The molecule has 170 valence electrons. The van der Waals surface area contributed by atoms with Gasteiger partial charge in [-0.3, -0.25) is 9.78 Å². The normalized spacial score (nSPS) is 11.2. The summed E-state index contributed by atoms with van der Waals surface area (Å²) in [5, 5.41) is 11.1. The number of pyridine rings is 1. The Labute approximate surface area is 201 Å². The van der Waals surface area contributed by atoms with Crippen LogP contribution < -0.4 is 5.32 Å². The number of benzene rings is 3. The molecule has 0 spiro atoms. The molecule has 0 aliphatic heterocycles. The number of aromatic nitrogens is 3. The summed E-state index contributed by atoms with van der Waals surface area (Å²) in [6, 6.07) is 25.9. The molecule has 6 aromatic rings. The highest BCUT2D eigenvalue weighted by atomic mass is 16.3. The van der Waals surface area contributed by atoms with Crippen molar-refractivity contribution in [3.8, 4) is 16.9 Å². The lowest BCUT2D eigenvalue weighted by molar-refractivity contribution is -0.120. The van der Waals surface area contributed by atoms with Crippen molar-refractivity contribution < 1.29 is 9.21 Å². The van der Waals surface area contributed by atoms with Crippen molar-refractivity contribution in [2.24, 2.45) is 0 Å². The summed E-state index contributed by atoms with van der Waals surface area (Å²) in [6.07, 6.45) is 7.37. The molecular weight excluding hydrogens is 436 g/mol. The maximum Gasteiger partial charge on any atom is 0.224 e. The largest absolute Gasteiger partial charge is 0.464 e. The van der Waals surface area contributed by atoms with E-state index < -0.39 is 0 Å². The highest BCUT2D eigenvalue weighted by Gasteiger charge is 2.16. The van der Waals surface area contributed by atoms with Crippen LogP contribution in [0, 0.1) is 0 Å². The molecule has 3 heterocycles. The average Bonchev–Trinajstić information content (AvgIpc) is 3.53. The van der Waals surface area contributed by atoms with Gasteiger partial charge in [-0.15, -0.1) is 0 Å². The van der Waals surface area contributed by atoms with E-state index in [4.69, 9.17) is 9.52 Å². The first-order valence-electron chi connectivity index (χ1n) is 11.5. The minimum absolute atomic E-state index is 0.0752. The van der Waals surface area contributed by atoms with Crippen LogP contribution in [-0.4, -0.2) is 20.7 Å². The number of nitrogens with one attached hydrogen (secondary N) is 1. The fraction of sp³-hybridized carbons (Fsp3) is 0.0690. The Morgan fingerprint density at radius 2 is 1.69 bits per heavy atom. The number of para-hydroxylation sites is 1. The van der Waals surface area contributed by atoms with Crippen LogP contribution in [0.4, 0.5) is 0 Å². The molecule has 0 bridgehead atoms. The molecule has 6 nitrogen and oxygen atoms in total. The molecule has 0 unspecified atom stereocenters. The van der Waals surface area contributed by atoms with Crippen LogP contribution in [0.15, 0.2) is 108 Å². The summed E-state index contributed by atoms with van der Waals surface area (Å²) in [5.41, 5.74) is 5.31. The lowest BCUT2D eigenvalue weighted by Crippen LogP contribution is -2.24. The van der Waals surface area contributed by atoms with Crippen molar-refractivity contribution in [1.82, 2.24) is 20.1 Å². The second-order valence-corrected chi connectivity index (χ2v) is 8.39. The molecule has 0 aliphatic carbocycles. The third-order valence-corrected chi connectivity index (χ3v) is 6.13. The highest BCUT2D eigenvalue weighted by molar-refractivity contribution is 6.08. The van der Waals surface area contributed by atoms with Gasteiger partial charge in [0, 0.05) is 47.2 Å². The number of rotatable bonds is 6. The van der Waals surface area contributed by atoms with E-state index in [0.29, 0.717) is 6.54 Å². The number of furan rings is 1. The Balaban J connectivity index is 1.26. The second-order valence-electron chi connectivity index (χ2n) is 8.39. The van der Waals surface area contributed by atoms with E-state index >= 15 is 0 Å². The van der Waals surface area contributed by atoms with E-state index in [1.54, 1.807) is 18.7 Å². The van der Waals surface area contributed by atoms with Gasteiger partial charge in [0.25, 0.3) is 0 Å². The Bertz CT molecular complexity index is 1640. The van der Waals surface area contributed by atoms with Crippen LogP contribution >= 0.6 is 0 Å². The molecular formula is C29H22N4O2. The smallest absolute Gasteiger partial charge is 0.224 e. The molecule has 3 aromatic heterocycles. The van der Waals surface area contributed by atoms with Crippen LogP contribution in [0.25, 0.3) is 38.7 Å². The first-order valence-corrected chi connectivity index (χ1v) is 11.5. The Morgan fingerprint density at radius 3 is 2.54 bits per heavy atom. The zero-order valence-electron chi connectivity index (χ0n) is 18.9. The molecule has 1 amide bonds. The molecule has 1 N–H and O–H groups in total. The second kappa shape index (κ2) is 8.91. The van der Waals surface area contributed by atoms with Gasteiger partial charge in [0.15, 0.2) is 0 Å². The number of carbonyl (C=O) groups is 1. The van der Waals surface area contributed by atoms with Gasteiger partial charge in [0.2, 0.25) is 5.91 Å². The monoisotopic (exact) mass is 458 g/mol. The van der Waals surface area contributed by atoms with Crippen molar-refractivity contribution in [1.29, 1.82) is 0 Å². The molecule has 6 heteroatoms. The maximum atomic E-state index is 13.0. The van der Waals surface area contributed by atoms with E-state index in [2.05, 4.69) is 22.4 Å². The highest BCUT2D eigenvalue weighted by Crippen LogP contribution is 2.30. The molecule has 0 fully saturated rings. The zero-order chi connectivity index (χ0) is 23.6. The molecule has 0 radical (unpaired) electrons. The van der Waals surface area contributed by atoms with Crippen molar-refractivity contribution in [2.75, 3.05) is 0 Å². The van der Waals surface area contributed by atoms with Gasteiger partial charge in [0.05, 0.1) is 24.1 Å². The predicted octanol–water partition coefficient (Wildman–Crippen LogP) is 5.69. The zero-order valence-corrected chi connectivity index (χ0v) is 18.9. The molecule has 6 rings (SSSR count). The number of nitrogens with zero attached hydrogens (tertiary/aromatic N) is 3. The fourth-order valence-corrected chi connectivity index (χ4v) is 4.44. The summed E-state index contributed by atoms with van der Waals surface area (Å²) in [6.45, 7) is 0.361. The molecule has 3 aromatic carbocycles. The van der Waals surface area contributed by atoms with E-state index in [1.165, 1.54) is 0 Å². The van der Waals surface area contributed by atoms with E-state index in [0.717, 1.165) is 49.8 Å². The van der Waals surface area contributed by atoms with Gasteiger partial charge >= 0.3 is 0 Å². The number of hydrogen-bond acceptors (Lipinski definition) is 4. The van der Waals surface area contributed by atoms with Crippen LogP contribution in [0.5, 0.6) is 0 Å². The third-order valence-electron chi connectivity index (χ3n) is 6.13. The van der Waals surface area contributed by atoms with Crippen molar-refractivity contribution in [2.45, 2.75) is 13.0 Å². The Hall–Kier alpha value is -4.71. The standard InChI is InChI=1S/C29H22N4O2/c34-27(16-22-19-35-26-11-10-20-6-4-5-9-25(20)28(22)26)31-17-23-18-33(24-7-2-1-3-8-24)32-29(23)21-12-14-30-15-13-21/h1-15,18-19H,16-17H2,(H,31,34). The average molecular weight is 459 g/mol. The van der Waals surface area contributed by atoms with Gasteiger partial charge in [-0.05, 0) is 41.1 Å². The van der Waals surface area contributed by atoms with Crippen molar-refractivity contribution in [3.63, 3.8) is 0 Å².